The van der Waals surface area contributed by atoms with Crippen LogP contribution in [0.15, 0.2) is 109 Å². The van der Waals surface area contributed by atoms with Gasteiger partial charge in [0.15, 0.2) is 0 Å². The zero-order chi connectivity index (χ0) is 20.6. The highest BCUT2D eigenvalue weighted by atomic mass is 16.5. The Morgan fingerprint density at radius 3 is 1.67 bits per heavy atom. The molecule has 0 fully saturated rings. The van der Waals surface area contributed by atoms with E-state index in [9.17, 15) is 4.79 Å². The van der Waals surface area contributed by atoms with E-state index in [0.29, 0.717) is 0 Å². The summed E-state index contributed by atoms with van der Waals surface area (Å²) in [5, 5.41) is 0. The average Bonchev–Trinajstić information content (AvgIpc) is 2.80. The lowest BCUT2D eigenvalue weighted by Crippen LogP contribution is -2.42. The third kappa shape index (κ3) is 2.68. The van der Waals surface area contributed by atoms with Crippen LogP contribution in [-0.2, 0) is 10.2 Å². The average molecular weight is 390 g/mol. The van der Waals surface area contributed by atoms with Crippen molar-refractivity contribution >= 4 is 5.78 Å². The van der Waals surface area contributed by atoms with Crippen LogP contribution in [-0.4, -0.2) is 5.78 Å². The molecule has 1 unspecified atom stereocenters. The maximum Gasteiger partial charge on any atom is 0.138 e. The standard InChI is InChI=1S/C28H22O2/c1-20(29)27(21-12-4-2-5-13-21)28(22-14-6-3-7-15-22)23-16-8-10-18-25(23)30-26-19-11-9-17-24(26)28/h2-19,27H,1H3. The van der Waals surface area contributed by atoms with Crippen molar-refractivity contribution < 1.29 is 9.53 Å². The first-order valence-corrected chi connectivity index (χ1v) is 10.2. The molecule has 4 aromatic rings. The van der Waals surface area contributed by atoms with Gasteiger partial charge in [-0.25, -0.2) is 0 Å². The van der Waals surface area contributed by atoms with Crippen LogP contribution in [0, 0.1) is 0 Å². The quantitative estimate of drug-likeness (QED) is 0.398. The Morgan fingerprint density at radius 2 is 1.13 bits per heavy atom. The van der Waals surface area contributed by atoms with E-state index in [1.165, 1.54) is 0 Å². The highest BCUT2D eigenvalue weighted by Crippen LogP contribution is 2.58. The number of benzene rings is 4. The largest absolute Gasteiger partial charge is 0.457 e. The third-order valence-electron chi connectivity index (χ3n) is 6.05. The fourth-order valence-corrected chi connectivity index (χ4v) is 4.95. The number of carbonyl (C=O) groups is 1. The first kappa shape index (κ1) is 18.4. The van der Waals surface area contributed by atoms with E-state index in [4.69, 9.17) is 4.74 Å². The van der Waals surface area contributed by atoms with Gasteiger partial charge in [0, 0.05) is 11.1 Å². The van der Waals surface area contributed by atoms with Crippen LogP contribution in [0.3, 0.4) is 0 Å². The van der Waals surface area contributed by atoms with Crippen LogP contribution >= 0.6 is 0 Å². The molecule has 146 valence electrons. The molecule has 0 bridgehead atoms. The van der Waals surface area contributed by atoms with Crippen LogP contribution < -0.4 is 4.74 Å². The molecule has 2 nitrogen and oxygen atoms in total. The number of carbonyl (C=O) groups excluding carboxylic acids is 1. The van der Waals surface area contributed by atoms with E-state index < -0.39 is 11.3 Å². The Labute approximate surface area is 176 Å². The highest BCUT2D eigenvalue weighted by molar-refractivity contribution is 5.89. The first-order valence-electron chi connectivity index (χ1n) is 10.2. The van der Waals surface area contributed by atoms with Gasteiger partial charge in [0.05, 0.1) is 11.3 Å². The van der Waals surface area contributed by atoms with Crippen molar-refractivity contribution in [2.45, 2.75) is 18.3 Å². The maximum absolute atomic E-state index is 13.4. The number of ether oxygens (including phenoxy) is 1. The molecule has 0 spiro atoms. The number of para-hydroxylation sites is 2. The predicted molar refractivity (Wildman–Crippen MR) is 119 cm³/mol. The molecule has 0 aliphatic carbocycles. The topological polar surface area (TPSA) is 26.3 Å². The summed E-state index contributed by atoms with van der Waals surface area (Å²) in [6.07, 6.45) is 0. The van der Waals surface area contributed by atoms with Gasteiger partial charge in [0.1, 0.15) is 17.3 Å². The van der Waals surface area contributed by atoms with Gasteiger partial charge in [-0.15, -0.1) is 0 Å². The molecule has 0 saturated heterocycles. The Hall–Kier alpha value is -3.65. The normalized spacial score (nSPS) is 14.7. The number of ketones is 1. The summed E-state index contributed by atoms with van der Waals surface area (Å²) in [5.74, 6) is 1.31. The predicted octanol–water partition coefficient (Wildman–Crippen LogP) is 6.50. The second-order valence-electron chi connectivity index (χ2n) is 7.72. The molecule has 0 aromatic heterocycles. The van der Waals surface area contributed by atoms with Gasteiger partial charge in [-0.3, -0.25) is 4.79 Å². The fraction of sp³-hybridized carbons (Fsp3) is 0.107. The molecule has 1 aliphatic heterocycles. The van der Waals surface area contributed by atoms with Crippen molar-refractivity contribution in [2.75, 3.05) is 0 Å². The van der Waals surface area contributed by atoms with Gasteiger partial charge in [-0.2, -0.15) is 0 Å². The summed E-state index contributed by atoms with van der Waals surface area (Å²) in [5.41, 5.74) is 3.41. The van der Waals surface area contributed by atoms with Gasteiger partial charge in [0.2, 0.25) is 0 Å². The summed E-state index contributed by atoms with van der Waals surface area (Å²) in [7, 11) is 0. The number of Topliss-reactive ketones (excluding diaryl/α,β-unsaturated/α-hetero) is 1. The van der Waals surface area contributed by atoms with Crippen molar-refractivity contribution in [3.05, 3.63) is 131 Å². The Balaban J connectivity index is 1.96. The lowest BCUT2D eigenvalue weighted by molar-refractivity contribution is -0.119. The lowest BCUT2D eigenvalue weighted by atomic mass is 9.58. The van der Waals surface area contributed by atoms with E-state index in [1.54, 1.807) is 6.92 Å². The molecule has 1 heterocycles. The minimum absolute atomic E-state index is 0.122. The van der Waals surface area contributed by atoms with Crippen LogP contribution in [0.5, 0.6) is 11.5 Å². The van der Waals surface area contributed by atoms with Crippen LogP contribution in [0.25, 0.3) is 0 Å². The van der Waals surface area contributed by atoms with Crippen molar-refractivity contribution in [1.29, 1.82) is 0 Å². The number of rotatable bonds is 4. The van der Waals surface area contributed by atoms with Crippen LogP contribution in [0.4, 0.5) is 0 Å². The monoisotopic (exact) mass is 390 g/mol. The molecule has 0 radical (unpaired) electrons. The number of fused-ring (bicyclic) bond motifs is 2. The molecule has 0 amide bonds. The van der Waals surface area contributed by atoms with E-state index in [0.717, 1.165) is 33.8 Å². The number of hydrogen-bond donors (Lipinski definition) is 0. The molecule has 2 heteroatoms. The highest BCUT2D eigenvalue weighted by Gasteiger charge is 2.51. The second kappa shape index (κ2) is 7.31. The molecule has 0 saturated carbocycles. The maximum atomic E-state index is 13.4. The fourth-order valence-electron chi connectivity index (χ4n) is 4.95. The third-order valence-corrected chi connectivity index (χ3v) is 6.05. The van der Waals surface area contributed by atoms with Crippen molar-refractivity contribution in [3.8, 4) is 11.5 Å². The van der Waals surface area contributed by atoms with Crippen molar-refractivity contribution in [1.82, 2.24) is 0 Å². The zero-order valence-electron chi connectivity index (χ0n) is 16.8. The van der Waals surface area contributed by atoms with Gasteiger partial charge in [-0.05, 0) is 30.2 Å². The van der Waals surface area contributed by atoms with E-state index in [2.05, 4.69) is 36.4 Å². The molecule has 30 heavy (non-hydrogen) atoms. The summed E-state index contributed by atoms with van der Waals surface area (Å²) in [6.45, 7) is 1.70. The van der Waals surface area contributed by atoms with Gasteiger partial charge >= 0.3 is 0 Å². The molecule has 0 N–H and O–H groups in total. The summed E-state index contributed by atoms with van der Waals surface area (Å²) in [6, 6.07) is 36.6. The van der Waals surface area contributed by atoms with E-state index in [-0.39, 0.29) is 5.78 Å². The van der Waals surface area contributed by atoms with Gasteiger partial charge < -0.3 is 4.74 Å². The number of hydrogen-bond acceptors (Lipinski definition) is 2. The second-order valence-corrected chi connectivity index (χ2v) is 7.72. The minimum atomic E-state index is -0.695. The van der Waals surface area contributed by atoms with Crippen molar-refractivity contribution in [2.24, 2.45) is 0 Å². The van der Waals surface area contributed by atoms with E-state index in [1.807, 2.05) is 72.8 Å². The molecular weight excluding hydrogens is 368 g/mol. The zero-order valence-corrected chi connectivity index (χ0v) is 16.8. The molecule has 1 aliphatic rings. The Bertz CT molecular complexity index is 1150. The Morgan fingerprint density at radius 1 is 0.667 bits per heavy atom. The van der Waals surface area contributed by atoms with Gasteiger partial charge in [-0.1, -0.05) is 97.1 Å². The lowest BCUT2D eigenvalue weighted by Gasteiger charge is -2.45. The molecule has 1 atom stereocenters. The van der Waals surface area contributed by atoms with Crippen LogP contribution in [0.1, 0.15) is 35.1 Å². The molecule has 5 rings (SSSR count). The summed E-state index contributed by atoms with van der Waals surface area (Å²) < 4.78 is 6.31. The molecular formula is C28H22O2. The Kier molecular flexibility index (Phi) is 4.48. The smallest absolute Gasteiger partial charge is 0.138 e. The summed E-state index contributed by atoms with van der Waals surface area (Å²) >= 11 is 0. The molecule has 4 aromatic carbocycles. The first-order chi connectivity index (χ1) is 14.7. The van der Waals surface area contributed by atoms with E-state index >= 15 is 0 Å². The van der Waals surface area contributed by atoms with Crippen LogP contribution in [0.2, 0.25) is 0 Å². The summed E-state index contributed by atoms with van der Waals surface area (Å²) in [4.78, 5) is 13.4. The van der Waals surface area contributed by atoms with Gasteiger partial charge in [0.25, 0.3) is 0 Å². The van der Waals surface area contributed by atoms with Crippen molar-refractivity contribution in [3.63, 3.8) is 0 Å². The SMILES string of the molecule is CC(=O)C(c1ccccc1)C1(c2ccccc2)c2ccccc2Oc2ccccc21. The minimum Gasteiger partial charge on any atom is -0.457 e.